The van der Waals surface area contributed by atoms with Gasteiger partial charge in [-0.15, -0.1) is 0 Å². The highest BCUT2D eigenvalue weighted by Crippen LogP contribution is 2.28. The average molecular weight is 128 g/mol. The van der Waals surface area contributed by atoms with E-state index in [9.17, 15) is 0 Å². The third-order valence-corrected chi connectivity index (χ3v) is 2.77. The van der Waals surface area contributed by atoms with Crippen LogP contribution >= 0.6 is 0 Å². The first-order valence-corrected chi connectivity index (χ1v) is 3.60. The van der Waals surface area contributed by atoms with Gasteiger partial charge in [-0.3, -0.25) is 4.90 Å². The summed E-state index contributed by atoms with van der Waals surface area (Å²) in [6, 6.07) is 1.37. The van der Waals surface area contributed by atoms with Crippen molar-refractivity contribution in [2.45, 2.75) is 25.9 Å². The summed E-state index contributed by atoms with van der Waals surface area (Å²) in [4.78, 5) is 2.34. The molecule has 0 spiro atoms. The fourth-order valence-electron chi connectivity index (χ4n) is 1.64. The van der Waals surface area contributed by atoms with E-state index >= 15 is 0 Å². The first kappa shape index (κ1) is 7.03. The second kappa shape index (κ2) is 2.27. The summed E-state index contributed by atoms with van der Waals surface area (Å²) in [5.74, 6) is 0.792. The predicted molar refractivity (Wildman–Crippen MR) is 39.2 cm³/mol. The van der Waals surface area contributed by atoms with Gasteiger partial charge >= 0.3 is 0 Å². The van der Waals surface area contributed by atoms with Crippen molar-refractivity contribution in [3.8, 4) is 0 Å². The van der Waals surface area contributed by atoms with Crippen LogP contribution in [-0.2, 0) is 0 Å². The Kier molecular flexibility index (Phi) is 1.78. The smallest absolute Gasteiger partial charge is 0.0258 e. The second-order valence-electron chi connectivity index (χ2n) is 3.07. The molecule has 2 heteroatoms. The van der Waals surface area contributed by atoms with Crippen LogP contribution in [-0.4, -0.2) is 30.6 Å². The molecule has 0 unspecified atom stereocenters. The molecule has 0 aromatic rings. The van der Waals surface area contributed by atoms with Crippen LogP contribution in [0.15, 0.2) is 0 Å². The highest BCUT2D eigenvalue weighted by Gasteiger charge is 2.38. The lowest BCUT2D eigenvalue weighted by molar-refractivity contribution is -0.00725. The van der Waals surface area contributed by atoms with E-state index in [0.717, 1.165) is 18.5 Å². The molecular formula is C7H16N2. The molecule has 2 N–H and O–H groups in total. The first-order valence-electron chi connectivity index (χ1n) is 3.60. The minimum Gasteiger partial charge on any atom is -0.329 e. The molecule has 1 aliphatic heterocycles. The first-order chi connectivity index (χ1) is 4.18. The van der Waals surface area contributed by atoms with E-state index in [1.165, 1.54) is 0 Å². The van der Waals surface area contributed by atoms with Crippen LogP contribution in [0, 0.1) is 5.92 Å². The van der Waals surface area contributed by atoms with Crippen LogP contribution < -0.4 is 5.73 Å². The molecule has 0 aromatic heterocycles. The zero-order valence-electron chi connectivity index (χ0n) is 6.46. The number of hydrogen-bond acceptors (Lipinski definition) is 2. The molecule has 0 radical (unpaired) electrons. The van der Waals surface area contributed by atoms with Crippen molar-refractivity contribution < 1.29 is 0 Å². The molecular weight excluding hydrogens is 112 g/mol. The van der Waals surface area contributed by atoms with Crippen LogP contribution in [0.25, 0.3) is 0 Å². The van der Waals surface area contributed by atoms with Gasteiger partial charge in [-0.1, -0.05) is 6.92 Å². The average Bonchev–Trinajstić information content (AvgIpc) is 1.89. The van der Waals surface area contributed by atoms with Crippen molar-refractivity contribution in [3.63, 3.8) is 0 Å². The molecule has 9 heavy (non-hydrogen) atoms. The van der Waals surface area contributed by atoms with E-state index in [-0.39, 0.29) is 0 Å². The van der Waals surface area contributed by atoms with Gasteiger partial charge in [-0.25, -0.2) is 0 Å². The number of hydrogen-bond donors (Lipinski definition) is 1. The van der Waals surface area contributed by atoms with Crippen molar-refractivity contribution in [1.82, 2.24) is 4.90 Å². The number of likely N-dealkylation sites (N-methyl/N-ethyl adjacent to an activating group) is 1. The van der Waals surface area contributed by atoms with Gasteiger partial charge in [0.15, 0.2) is 0 Å². The van der Waals surface area contributed by atoms with Crippen molar-refractivity contribution in [2.24, 2.45) is 11.7 Å². The third kappa shape index (κ3) is 0.864. The number of likely N-dealkylation sites (tertiary alicyclic amines) is 1. The van der Waals surface area contributed by atoms with Gasteiger partial charge in [-0.2, -0.15) is 0 Å². The number of nitrogens with two attached hydrogens (primary N) is 1. The molecule has 3 atom stereocenters. The van der Waals surface area contributed by atoms with E-state index < -0.39 is 0 Å². The van der Waals surface area contributed by atoms with Gasteiger partial charge in [0.1, 0.15) is 0 Å². The van der Waals surface area contributed by atoms with E-state index in [2.05, 4.69) is 25.8 Å². The normalized spacial score (nSPS) is 44.7. The number of rotatable bonds is 1. The van der Waals surface area contributed by atoms with Gasteiger partial charge in [-0.05, 0) is 19.9 Å². The Bertz CT molecular complexity index is 93.1. The highest BCUT2D eigenvalue weighted by atomic mass is 15.2. The van der Waals surface area contributed by atoms with Crippen LogP contribution in [0.2, 0.25) is 0 Å². The van der Waals surface area contributed by atoms with Crippen molar-refractivity contribution in [2.75, 3.05) is 13.6 Å². The Morgan fingerprint density at radius 1 is 1.44 bits per heavy atom. The maximum atomic E-state index is 5.54. The van der Waals surface area contributed by atoms with Gasteiger partial charge in [0.05, 0.1) is 0 Å². The molecule has 1 rings (SSSR count). The van der Waals surface area contributed by atoms with E-state index in [0.29, 0.717) is 6.04 Å². The van der Waals surface area contributed by atoms with Gasteiger partial charge < -0.3 is 5.73 Å². The summed E-state index contributed by atoms with van der Waals surface area (Å²) < 4.78 is 0. The molecule has 0 saturated carbocycles. The van der Waals surface area contributed by atoms with E-state index in [1.54, 1.807) is 0 Å². The Morgan fingerprint density at radius 3 is 2.22 bits per heavy atom. The van der Waals surface area contributed by atoms with Crippen LogP contribution in [0.3, 0.4) is 0 Å². The summed E-state index contributed by atoms with van der Waals surface area (Å²) >= 11 is 0. The van der Waals surface area contributed by atoms with Gasteiger partial charge in [0, 0.05) is 18.6 Å². The standard InChI is InChI=1S/C7H16N2/c1-5-6(2)9(3)7(5)4-8/h5-7H,4,8H2,1-3H3/t5-,6-,7+/m0/s1. The molecule has 2 nitrogen and oxygen atoms in total. The Balaban J connectivity index is 2.41. The van der Waals surface area contributed by atoms with Crippen LogP contribution in [0.5, 0.6) is 0 Å². The minimum atomic E-state index is 0.639. The lowest BCUT2D eigenvalue weighted by Crippen LogP contribution is -2.62. The fourth-order valence-corrected chi connectivity index (χ4v) is 1.64. The zero-order valence-corrected chi connectivity index (χ0v) is 6.46. The van der Waals surface area contributed by atoms with Gasteiger partial charge in [0.25, 0.3) is 0 Å². The summed E-state index contributed by atoms with van der Waals surface area (Å²) in [5.41, 5.74) is 5.54. The summed E-state index contributed by atoms with van der Waals surface area (Å²) in [6.45, 7) is 5.32. The Labute approximate surface area is 57.0 Å². The summed E-state index contributed by atoms with van der Waals surface area (Å²) in [7, 11) is 2.14. The van der Waals surface area contributed by atoms with E-state index in [4.69, 9.17) is 5.73 Å². The molecule has 1 aliphatic rings. The highest BCUT2D eigenvalue weighted by molar-refractivity contribution is 4.94. The fraction of sp³-hybridized carbons (Fsp3) is 1.00. The largest absolute Gasteiger partial charge is 0.329 e. The van der Waals surface area contributed by atoms with Crippen LogP contribution in [0.4, 0.5) is 0 Å². The van der Waals surface area contributed by atoms with Crippen molar-refractivity contribution in [1.29, 1.82) is 0 Å². The Hall–Kier alpha value is -0.0800. The van der Waals surface area contributed by atoms with E-state index in [1.807, 2.05) is 0 Å². The summed E-state index contributed by atoms with van der Waals surface area (Å²) in [6.07, 6.45) is 0. The monoisotopic (exact) mass is 128 g/mol. The number of nitrogens with zero attached hydrogens (tertiary/aromatic N) is 1. The minimum absolute atomic E-state index is 0.639. The van der Waals surface area contributed by atoms with Crippen LogP contribution in [0.1, 0.15) is 13.8 Å². The lowest BCUT2D eigenvalue weighted by atomic mass is 9.83. The zero-order chi connectivity index (χ0) is 7.02. The molecule has 0 aliphatic carbocycles. The molecule has 1 saturated heterocycles. The predicted octanol–water partition coefficient (Wildman–Crippen LogP) is 0.284. The maximum Gasteiger partial charge on any atom is 0.0258 e. The summed E-state index contributed by atoms with van der Waals surface area (Å²) in [5, 5.41) is 0. The van der Waals surface area contributed by atoms with Crippen molar-refractivity contribution >= 4 is 0 Å². The molecule has 54 valence electrons. The molecule has 0 bridgehead atoms. The SMILES string of the molecule is C[C@@H]1[C@@H](CN)N(C)[C@H]1C. The maximum absolute atomic E-state index is 5.54. The Morgan fingerprint density at radius 2 is 2.00 bits per heavy atom. The lowest BCUT2D eigenvalue weighted by Gasteiger charge is -2.50. The second-order valence-corrected chi connectivity index (χ2v) is 3.07. The molecule has 1 fully saturated rings. The topological polar surface area (TPSA) is 29.3 Å². The van der Waals surface area contributed by atoms with Gasteiger partial charge in [0.2, 0.25) is 0 Å². The third-order valence-electron chi connectivity index (χ3n) is 2.77. The molecule has 0 amide bonds. The quantitative estimate of drug-likeness (QED) is 0.549. The molecule has 0 aromatic carbocycles. The molecule has 1 heterocycles. The van der Waals surface area contributed by atoms with Crippen molar-refractivity contribution in [3.05, 3.63) is 0 Å².